The lowest BCUT2D eigenvalue weighted by atomic mass is 9.69. The SMILES string of the molecule is Cc1ccc(N2C(=O)CC(c3ccc(Cl)cc3)C3=C2CC(C)(C)CC3=O)cc1Cl. The molecule has 29 heavy (non-hydrogen) atoms. The van der Waals surface area contributed by atoms with Crippen LogP contribution >= 0.6 is 23.2 Å². The van der Waals surface area contributed by atoms with Crippen molar-refractivity contribution in [1.29, 1.82) is 0 Å². The molecular weight excluding hydrogens is 405 g/mol. The van der Waals surface area contributed by atoms with Crippen molar-refractivity contribution in [3.63, 3.8) is 0 Å². The second-order valence-electron chi connectivity index (χ2n) is 8.77. The van der Waals surface area contributed by atoms with Crippen LogP contribution in [0.25, 0.3) is 0 Å². The van der Waals surface area contributed by atoms with Crippen molar-refractivity contribution in [1.82, 2.24) is 0 Å². The molecular formula is C24H23Cl2NO2. The van der Waals surface area contributed by atoms with Gasteiger partial charge < -0.3 is 0 Å². The van der Waals surface area contributed by atoms with Crippen molar-refractivity contribution >= 4 is 40.6 Å². The smallest absolute Gasteiger partial charge is 0.232 e. The summed E-state index contributed by atoms with van der Waals surface area (Å²) in [6.45, 7) is 6.08. The molecule has 2 aromatic carbocycles. The number of hydrogen-bond donors (Lipinski definition) is 0. The minimum absolute atomic E-state index is 0.0193. The van der Waals surface area contributed by atoms with Crippen LogP contribution in [0.15, 0.2) is 53.7 Å². The first-order valence-corrected chi connectivity index (χ1v) is 10.5. The third-order valence-corrected chi connectivity index (χ3v) is 6.49. The summed E-state index contributed by atoms with van der Waals surface area (Å²) in [5.74, 6) is -0.142. The van der Waals surface area contributed by atoms with Gasteiger partial charge >= 0.3 is 0 Å². The van der Waals surface area contributed by atoms with Gasteiger partial charge in [0.15, 0.2) is 5.78 Å². The van der Waals surface area contributed by atoms with Crippen molar-refractivity contribution in [2.75, 3.05) is 4.90 Å². The van der Waals surface area contributed by atoms with E-state index in [-0.39, 0.29) is 29.4 Å². The summed E-state index contributed by atoms with van der Waals surface area (Å²) >= 11 is 12.4. The van der Waals surface area contributed by atoms with Gasteiger partial charge in [-0.3, -0.25) is 14.5 Å². The predicted molar refractivity (Wildman–Crippen MR) is 118 cm³/mol. The summed E-state index contributed by atoms with van der Waals surface area (Å²) in [6, 6.07) is 13.1. The standard InChI is InChI=1S/C24H23Cl2NO2/c1-14-4-9-17(10-19(14)26)27-20-12-24(2,3)13-21(28)23(20)18(11-22(27)29)15-5-7-16(25)8-6-15/h4-10,18H,11-13H2,1-3H3. The van der Waals surface area contributed by atoms with Crippen LogP contribution in [0, 0.1) is 12.3 Å². The van der Waals surface area contributed by atoms with Crippen molar-refractivity contribution in [3.05, 3.63) is 74.9 Å². The number of ketones is 1. The summed E-state index contributed by atoms with van der Waals surface area (Å²) in [6.07, 6.45) is 1.39. The van der Waals surface area contributed by atoms with E-state index < -0.39 is 0 Å². The van der Waals surface area contributed by atoms with E-state index in [4.69, 9.17) is 23.2 Å². The highest BCUT2D eigenvalue weighted by atomic mass is 35.5. The molecule has 0 saturated heterocycles. The summed E-state index contributed by atoms with van der Waals surface area (Å²) in [5, 5.41) is 1.25. The molecule has 0 saturated carbocycles. The van der Waals surface area contributed by atoms with E-state index in [2.05, 4.69) is 13.8 Å². The average molecular weight is 428 g/mol. The van der Waals surface area contributed by atoms with Gasteiger partial charge in [-0.05, 0) is 54.2 Å². The fourth-order valence-electron chi connectivity index (χ4n) is 4.42. The Morgan fingerprint density at radius 3 is 2.34 bits per heavy atom. The fraction of sp³-hybridized carbons (Fsp3) is 0.333. The summed E-state index contributed by atoms with van der Waals surface area (Å²) in [7, 11) is 0. The number of benzene rings is 2. The maximum Gasteiger partial charge on any atom is 0.232 e. The molecule has 1 aliphatic carbocycles. The second kappa shape index (κ2) is 7.30. The number of rotatable bonds is 2. The maximum atomic E-state index is 13.3. The van der Waals surface area contributed by atoms with E-state index in [1.807, 2.05) is 49.4 Å². The highest BCUT2D eigenvalue weighted by Gasteiger charge is 2.44. The largest absolute Gasteiger partial charge is 0.294 e. The highest BCUT2D eigenvalue weighted by Crippen LogP contribution is 2.48. The number of carbonyl (C=O) groups is 2. The number of halogens is 2. The molecule has 5 heteroatoms. The first-order valence-electron chi connectivity index (χ1n) is 9.77. The topological polar surface area (TPSA) is 37.4 Å². The van der Waals surface area contributed by atoms with Gasteiger partial charge in [0.1, 0.15) is 0 Å². The molecule has 1 amide bonds. The van der Waals surface area contributed by atoms with Crippen LogP contribution in [0.5, 0.6) is 0 Å². The zero-order chi connectivity index (χ0) is 20.9. The van der Waals surface area contributed by atoms with Gasteiger partial charge in [0, 0.05) is 40.1 Å². The second-order valence-corrected chi connectivity index (χ2v) is 9.62. The molecule has 0 bridgehead atoms. The first kappa shape index (κ1) is 20.2. The number of hydrogen-bond acceptors (Lipinski definition) is 2. The van der Waals surface area contributed by atoms with Crippen molar-refractivity contribution in [2.45, 2.75) is 46.0 Å². The van der Waals surface area contributed by atoms with Crippen LogP contribution in [0.3, 0.4) is 0 Å². The Hall–Kier alpha value is -2.10. The number of allylic oxidation sites excluding steroid dienone is 2. The number of anilines is 1. The first-order chi connectivity index (χ1) is 13.7. The molecule has 3 nitrogen and oxygen atoms in total. The van der Waals surface area contributed by atoms with Crippen molar-refractivity contribution in [2.24, 2.45) is 5.41 Å². The van der Waals surface area contributed by atoms with Gasteiger partial charge in [-0.1, -0.05) is 55.2 Å². The zero-order valence-electron chi connectivity index (χ0n) is 16.8. The Balaban J connectivity index is 1.89. The Bertz CT molecular complexity index is 1040. The summed E-state index contributed by atoms with van der Waals surface area (Å²) < 4.78 is 0. The minimum atomic E-state index is -0.240. The molecule has 2 aromatic rings. The highest BCUT2D eigenvalue weighted by molar-refractivity contribution is 6.31. The fourth-order valence-corrected chi connectivity index (χ4v) is 4.72. The third-order valence-electron chi connectivity index (χ3n) is 5.83. The minimum Gasteiger partial charge on any atom is -0.294 e. The molecule has 1 heterocycles. The quantitative estimate of drug-likeness (QED) is 0.550. The van der Waals surface area contributed by atoms with Gasteiger partial charge in [-0.25, -0.2) is 0 Å². The molecule has 0 fully saturated rings. The van der Waals surface area contributed by atoms with E-state index >= 15 is 0 Å². The van der Waals surface area contributed by atoms with Crippen LogP contribution in [0.2, 0.25) is 10.0 Å². The molecule has 4 rings (SSSR count). The lowest BCUT2D eigenvalue weighted by molar-refractivity contribution is -0.121. The van der Waals surface area contributed by atoms with Gasteiger partial charge in [0.2, 0.25) is 5.91 Å². The lowest BCUT2D eigenvalue weighted by Gasteiger charge is -2.43. The number of nitrogens with zero attached hydrogens (tertiary/aromatic N) is 1. The molecule has 1 aliphatic heterocycles. The summed E-state index contributed by atoms with van der Waals surface area (Å²) in [4.78, 5) is 28.3. The van der Waals surface area contributed by atoms with Crippen molar-refractivity contribution in [3.8, 4) is 0 Å². The molecule has 150 valence electrons. The molecule has 0 aromatic heterocycles. The number of carbonyl (C=O) groups excluding carboxylic acids is 2. The predicted octanol–water partition coefficient (Wildman–Crippen LogP) is 6.47. The molecule has 0 radical (unpaired) electrons. The Morgan fingerprint density at radius 2 is 1.69 bits per heavy atom. The molecule has 1 atom stereocenters. The van der Waals surface area contributed by atoms with E-state index in [9.17, 15) is 9.59 Å². The Kier molecular flexibility index (Phi) is 5.08. The van der Waals surface area contributed by atoms with Crippen LogP contribution in [0.1, 0.15) is 50.2 Å². The normalized spacial score (nSPS) is 21.4. The third kappa shape index (κ3) is 3.74. The number of amides is 1. The number of Topliss-reactive ketones (excluding diaryl/α,β-unsaturated/α-hetero) is 1. The van der Waals surface area contributed by atoms with Crippen LogP contribution in [-0.2, 0) is 9.59 Å². The summed E-state index contributed by atoms with van der Waals surface area (Å²) in [5.41, 5.74) is 3.98. The lowest BCUT2D eigenvalue weighted by Crippen LogP contribution is -2.43. The van der Waals surface area contributed by atoms with E-state index in [1.165, 1.54) is 0 Å². The van der Waals surface area contributed by atoms with Crippen LogP contribution in [-0.4, -0.2) is 11.7 Å². The van der Waals surface area contributed by atoms with Crippen LogP contribution < -0.4 is 4.90 Å². The van der Waals surface area contributed by atoms with E-state index in [0.717, 1.165) is 28.1 Å². The number of aryl methyl sites for hydroxylation is 1. The van der Waals surface area contributed by atoms with Crippen LogP contribution in [0.4, 0.5) is 5.69 Å². The monoisotopic (exact) mass is 427 g/mol. The maximum absolute atomic E-state index is 13.3. The molecule has 0 N–H and O–H groups in total. The zero-order valence-corrected chi connectivity index (χ0v) is 18.3. The molecule has 1 unspecified atom stereocenters. The Labute approximate surface area is 181 Å². The molecule has 2 aliphatic rings. The van der Waals surface area contributed by atoms with Crippen molar-refractivity contribution < 1.29 is 9.59 Å². The average Bonchev–Trinajstić information content (AvgIpc) is 2.63. The van der Waals surface area contributed by atoms with Gasteiger partial charge in [-0.2, -0.15) is 0 Å². The van der Waals surface area contributed by atoms with E-state index in [1.54, 1.807) is 4.90 Å². The van der Waals surface area contributed by atoms with Gasteiger partial charge in [0.05, 0.1) is 5.69 Å². The van der Waals surface area contributed by atoms with Gasteiger partial charge in [0.25, 0.3) is 0 Å². The van der Waals surface area contributed by atoms with E-state index in [0.29, 0.717) is 22.9 Å². The Morgan fingerprint density at radius 1 is 1.00 bits per heavy atom. The molecule has 0 spiro atoms. The van der Waals surface area contributed by atoms with Gasteiger partial charge in [-0.15, -0.1) is 0 Å².